The van der Waals surface area contributed by atoms with Gasteiger partial charge in [-0.05, 0) is 192 Å². The number of nitrogens with two attached hydrogens (primary N) is 3. The molecule has 4 rings (SSSR count). The van der Waals surface area contributed by atoms with Crippen molar-refractivity contribution in [2.75, 3.05) is 0 Å². The second-order valence-electron chi connectivity index (χ2n) is 28.8. The van der Waals surface area contributed by atoms with Gasteiger partial charge in [0.2, 0.25) is 40.9 Å². The van der Waals surface area contributed by atoms with E-state index in [-0.39, 0.29) is 97.0 Å². The number of carbonyl (C=O) groups excluding carboxylic acids is 11. The molecule has 0 fully saturated rings. The van der Waals surface area contributed by atoms with Crippen molar-refractivity contribution in [3.05, 3.63) is 114 Å². The number of hydrazine groups is 2. The summed E-state index contributed by atoms with van der Waals surface area (Å²) in [5.41, 5.74) is 11.0. The Morgan fingerprint density at radius 1 is 0.571 bits per heavy atom. The molecule has 25 nitrogen and oxygen atoms in total. The van der Waals surface area contributed by atoms with Gasteiger partial charge in [-0.2, -0.15) is 0 Å². The number of aromatic nitrogens is 1. The van der Waals surface area contributed by atoms with E-state index in [1.165, 1.54) is 46.8 Å². The molecule has 25 heteroatoms. The summed E-state index contributed by atoms with van der Waals surface area (Å²) in [5.74, 6) is 5.93. The molecule has 0 saturated carbocycles. The molecule has 0 aliphatic rings. The molecule has 3 aromatic carbocycles. The van der Waals surface area contributed by atoms with E-state index >= 15 is 0 Å². The number of primary amides is 1. The van der Waals surface area contributed by atoms with Crippen molar-refractivity contribution in [1.29, 1.82) is 0 Å². The Kier molecular flexibility index (Phi) is 44.6. The first-order chi connectivity index (χ1) is 49.3. The van der Waals surface area contributed by atoms with Crippen LogP contribution in [0.25, 0.3) is 10.9 Å². The second kappa shape index (κ2) is 49.5. The third kappa shape index (κ3) is 36.0. The molecule has 0 spiro atoms. The molecule has 105 heavy (non-hydrogen) atoms. The molecule has 3 amide bonds. The Hall–Kier alpha value is -8.30. The number of carboxylic acid groups (broad SMARTS) is 1. The summed E-state index contributed by atoms with van der Waals surface area (Å²) in [7, 11) is 0. The molecule has 11 atom stereocenters. The number of hydrogen-bond acceptors (Lipinski definition) is 20. The van der Waals surface area contributed by atoms with Gasteiger partial charge in [0.25, 0.3) is 0 Å². The number of aromatic hydroxyl groups is 1. The molecule has 584 valence electrons. The van der Waals surface area contributed by atoms with Gasteiger partial charge < -0.3 is 41.5 Å². The largest absolute Gasteiger partial charge is 0.508 e. The summed E-state index contributed by atoms with van der Waals surface area (Å²) in [5, 5.41) is 41.9. The highest BCUT2D eigenvalue weighted by Gasteiger charge is 2.41. The summed E-state index contributed by atoms with van der Waals surface area (Å²) in [6, 6.07) is 16.4. The molecular weight excluding hydrogens is 1340 g/mol. The molecule has 0 aliphatic heterocycles. The van der Waals surface area contributed by atoms with E-state index < -0.39 is 88.4 Å². The van der Waals surface area contributed by atoms with Crippen molar-refractivity contribution >= 4 is 80.9 Å². The van der Waals surface area contributed by atoms with Crippen molar-refractivity contribution < 1.29 is 72.9 Å². The number of unbranched alkanes of at least 4 members (excludes halogenated alkanes) is 5. The minimum absolute atomic E-state index is 0.00225. The number of allylic oxidation sites excluding steroid dienone is 2. The molecule has 16 N–H and O–H groups in total. The molecule has 1 heterocycles. The van der Waals surface area contributed by atoms with Gasteiger partial charge in [-0.3, -0.25) is 75.1 Å². The number of amides is 3. The number of aliphatic hydroxyl groups excluding tert-OH is 1. The molecule has 4 aromatic rings. The highest BCUT2D eigenvalue weighted by atomic mass is 16.4. The Morgan fingerprint density at radius 2 is 1.09 bits per heavy atom. The van der Waals surface area contributed by atoms with E-state index in [1.54, 1.807) is 32.2 Å². The fourth-order valence-electron chi connectivity index (χ4n) is 11.4. The standard InChI is InChI=1S/C46H77N5O7.C26H30N4O6.C5H11NO.C3H6O/c1-11-37(28-31(2)3)43(57)50-46(10,35(8)54)27-23-18-16-14-12-13-15-17-22-26-45(9,34(7)53)49-38(29-32(4)5)41(55)42(56)40(33(6)52)48-44(58)39(51-47)30-36-24-20-19-21-25-36;1-15(31)22(13-17-14-28-20-5-3-2-4-19(17)20)29-21(10-11-24(33)34)25(35)26(36)23(30-27)12-16-6-8-18(32)9-7-16;1-3-4(2)5(6)7;1-3(2)4/h14,16,19-21,24-25,31-33,37-40,49,51-52H,11-13,15,17-18,22-23,26-30,47H2,1-10H3,(H,48,58)(H,50,57);2-9,14,21-23,28-30,32H,10-13,27H2,1H3,(H,33,34);4H,3H2,1-2H3,(H2,6,7);1-2H3/b16-14+;;;/t33-,37+,38+,39+,40+,45-,46+;21-,22-,23-;4-;/m100./s1. The maximum absolute atomic E-state index is 13.8. The van der Waals surface area contributed by atoms with Gasteiger partial charge in [0, 0.05) is 35.4 Å². The van der Waals surface area contributed by atoms with Crippen LogP contribution in [0.5, 0.6) is 5.75 Å². The van der Waals surface area contributed by atoms with Gasteiger partial charge in [0.05, 0.1) is 41.3 Å². The molecular formula is C80H124N10O15. The van der Waals surface area contributed by atoms with Crippen LogP contribution in [-0.2, 0) is 76.8 Å². The van der Waals surface area contributed by atoms with Gasteiger partial charge in [0.1, 0.15) is 35.2 Å². The topological polar surface area (TPSA) is 432 Å². The number of hydrogen-bond donors (Lipinski definition) is 13. The zero-order valence-corrected chi connectivity index (χ0v) is 64.8. The lowest BCUT2D eigenvalue weighted by molar-refractivity contribution is -0.142. The first kappa shape index (κ1) is 94.7. The number of benzene rings is 3. The number of phenols is 1. The number of Topliss-reactive ketones (excluding diaryl/α,β-unsaturated/α-hetero) is 8. The van der Waals surface area contributed by atoms with E-state index in [0.717, 1.165) is 86.2 Å². The normalized spacial score (nSPS) is 15.0. The Labute approximate surface area is 621 Å². The van der Waals surface area contributed by atoms with Crippen LogP contribution in [-0.4, -0.2) is 144 Å². The molecule has 0 radical (unpaired) electrons. The first-order valence-corrected chi connectivity index (χ1v) is 36.8. The van der Waals surface area contributed by atoms with Crippen LogP contribution >= 0.6 is 0 Å². The average Bonchev–Trinajstić information content (AvgIpc) is 1.81. The van der Waals surface area contributed by atoms with Crippen LogP contribution in [0, 0.1) is 23.7 Å². The number of carbonyl (C=O) groups is 12. The lowest BCUT2D eigenvalue weighted by Crippen LogP contribution is -2.61. The second-order valence-corrected chi connectivity index (χ2v) is 28.8. The zero-order valence-electron chi connectivity index (χ0n) is 64.8. The van der Waals surface area contributed by atoms with Gasteiger partial charge in [-0.25, -0.2) is 10.9 Å². The Balaban J connectivity index is 0.000000985. The molecule has 0 saturated heterocycles. The van der Waals surface area contributed by atoms with E-state index in [4.69, 9.17) is 17.4 Å². The fraction of sp³-hybridized carbons (Fsp3) is 0.575. The third-order valence-corrected chi connectivity index (χ3v) is 18.4. The number of rotatable bonds is 47. The summed E-state index contributed by atoms with van der Waals surface area (Å²) in [6.45, 7) is 26.2. The number of aliphatic hydroxyl groups is 1. The number of para-hydroxylation sites is 1. The summed E-state index contributed by atoms with van der Waals surface area (Å²) < 4.78 is 0. The van der Waals surface area contributed by atoms with Crippen LogP contribution in [0.2, 0.25) is 0 Å². The Bertz CT molecular complexity index is 3420. The van der Waals surface area contributed by atoms with Crippen LogP contribution in [0.15, 0.2) is 97.2 Å². The highest BCUT2D eigenvalue weighted by molar-refractivity contribution is 6.42. The smallest absolute Gasteiger partial charge is 0.303 e. The first-order valence-electron chi connectivity index (χ1n) is 36.8. The maximum Gasteiger partial charge on any atom is 0.303 e. The number of ketones is 8. The van der Waals surface area contributed by atoms with Crippen molar-refractivity contribution in [3.8, 4) is 5.75 Å². The fourth-order valence-corrected chi connectivity index (χ4v) is 11.4. The minimum Gasteiger partial charge on any atom is -0.508 e. The minimum atomic E-state index is -1.50. The van der Waals surface area contributed by atoms with Crippen LogP contribution in [0.4, 0.5) is 0 Å². The highest BCUT2D eigenvalue weighted by Crippen LogP contribution is 2.25. The predicted octanol–water partition coefficient (Wildman–Crippen LogP) is 8.54. The van der Waals surface area contributed by atoms with E-state index in [9.17, 15) is 72.9 Å². The number of nitrogens with one attached hydrogen (secondary N) is 7. The SMILES string of the molecule is CC(=O)[C@H](Cc1c[nH]c2ccccc12)N[C@@H](CCC(=O)O)C(=O)C(=O)[C@H](Cc1ccc(O)cc1)NN.CC(C)=O.CC[C@@H](CC(C)C)C(=O)N[C@@](C)(CCC/C=C/CCCCCC[C@@](C)(N[C@@H](CC(C)C)C(=O)C(=O)[C@@H](NC(=O)[C@H](Cc1ccccc1)NN)[C@@H](C)O)C(C)=O)C(C)=O.CC[C@H](C)C(N)=O. The van der Waals surface area contributed by atoms with Gasteiger partial charge in [0.15, 0.2) is 5.78 Å². The maximum atomic E-state index is 13.8. The lowest BCUT2D eigenvalue weighted by atomic mass is 9.86. The van der Waals surface area contributed by atoms with Crippen LogP contribution in [0.3, 0.4) is 0 Å². The lowest BCUT2D eigenvalue weighted by Gasteiger charge is -2.34. The predicted molar refractivity (Wildman–Crippen MR) is 410 cm³/mol. The average molecular weight is 1470 g/mol. The van der Waals surface area contributed by atoms with Crippen LogP contribution < -0.4 is 49.5 Å². The monoisotopic (exact) mass is 1460 g/mol. The number of aliphatic carboxylic acids is 1. The molecule has 0 bridgehead atoms. The summed E-state index contributed by atoms with van der Waals surface area (Å²) in [6.07, 6.45) is 14.5. The van der Waals surface area contributed by atoms with Crippen molar-refractivity contribution in [1.82, 2.24) is 37.1 Å². The number of aromatic amines is 1. The van der Waals surface area contributed by atoms with Gasteiger partial charge >= 0.3 is 5.97 Å². The molecule has 0 aliphatic carbocycles. The quantitative estimate of drug-likeness (QED) is 0.00647. The number of carboxylic acids is 1. The van der Waals surface area contributed by atoms with Gasteiger partial charge in [-0.15, -0.1) is 0 Å². The summed E-state index contributed by atoms with van der Waals surface area (Å²) >= 11 is 0. The zero-order chi connectivity index (χ0) is 79.7. The molecule has 1 aromatic heterocycles. The van der Waals surface area contributed by atoms with Crippen molar-refractivity contribution in [3.63, 3.8) is 0 Å². The number of H-pyrrole nitrogens is 1. The van der Waals surface area contributed by atoms with Crippen molar-refractivity contribution in [2.24, 2.45) is 41.1 Å². The van der Waals surface area contributed by atoms with E-state index in [1.807, 2.05) is 96.1 Å². The number of fused-ring (bicyclic) bond motifs is 1. The van der Waals surface area contributed by atoms with Crippen LogP contribution in [0.1, 0.15) is 217 Å². The Morgan fingerprint density at radius 3 is 1.59 bits per heavy atom. The number of phenolic OH excluding ortho intramolecular Hbond substituents is 1. The van der Waals surface area contributed by atoms with E-state index in [0.29, 0.717) is 24.3 Å². The van der Waals surface area contributed by atoms with Gasteiger partial charge in [-0.1, -0.05) is 141 Å². The van der Waals surface area contributed by atoms with Crippen molar-refractivity contribution in [2.45, 2.75) is 273 Å². The summed E-state index contributed by atoms with van der Waals surface area (Å²) in [4.78, 5) is 152. The molecule has 0 unspecified atom stereocenters. The van der Waals surface area contributed by atoms with E-state index in [2.05, 4.69) is 63.1 Å². The third-order valence-electron chi connectivity index (χ3n) is 18.4.